The molecule has 1 unspecified atom stereocenters. The molecule has 0 amide bonds. The average molecular weight is 1220 g/mol. The van der Waals surface area contributed by atoms with Crippen molar-refractivity contribution in [2.45, 2.75) is 52.0 Å². The predicted molar refractivity (Wildman–Crippen MR) is 313 cm³/mol. The molecule has 0 saturated heterocycles. The van der Waals surface area contributed by atoms with Gasteiger partial charge in [0.2, 0.25) is 0 Å². The van der Waals surface area contributed by atoms with Crippen molar-refractivity contribution >= 4 is 85.4 Å². The molecule has 7 aliphatic heterocycles. The van der Waals surface area contributed by atoms with E-state index in [1.807, 2.05) is 114 Å². The van der Waals surface area contributed by atoms with E-state index in [2.05, 4.69) is 30.3 Å². The number of benzene rings is 7. The minimum atomic E-state index is -3.39. The predicted octanol–water partition coefficient (Wildman–Crippen LogP) is 10.2. The van der Waals surface area contributed by atoms with Gasteiger partial charge in [-0.1, -0.05) is 91.0 Å². The van der Waals surface area contributed by atoms with Crippen molar-refractivity contribution in [3.63, 3.8) is 0 Å². The summed E-state index contributed by atoms with van der Waals surface area (Å²) in [6.45, 7) is 3.01. The first-order valence-corrected chi connectivity index (χ1v) is 35.9. The molecule has 0 fully saturated rings. The monoisotopic (exact) mass is 1220 g/mol. The zero-order valence-corrected chi connectivity index (χ0v) is 49.3. The van der Waals surface area contributed by atoms with Crippen LogP contribution < -0.4 is 23.7 Å². The molecule has 0 aromatic heterocycles. The molecule has 14 nitrogen and oxygen atoms in total. The molecule has 14 rings (SSSR count). The number of thioether (sulfide) groups is 3. The van der Waals surface area contributed by atoms with Crippen LogP contribution in [0.1, 0.15) is 12.0 Å². The molecule has 0 spiro atoms. The molecule has 0 aliphatic carbocycles. The summed E-state index contributed by atoms with van der Waals surface area (Å²) in [6, 6.07) is 51.6. The lowest BCUT2D eigenvalue weighted by atomic mass is 10.1. The molecule has 0 bridgehead atoms. The quantitative estimate of drug-likeness (QED) is 0.139. The van der Waals surface area contributed by atoms with Gasteiger partial charge in [0.05, 0.1) is 65.8 Å². The highest BCUT2D eigenvalue weighted by atomic mass is 32.2. The van der Waals surface area contributed by atoms with Gasteiger partial charge in [-0.3, -0.25) is 4.21 Å². The van der Waals surface area contributed by atoms with Crippen molar-refractivity contribution in [2.75, 3.05) is 79.1 Å². The summed E-state index contributed by atoms with van der Waals surface area (Å²) in [5.74, 6) is 8.01. The molecule has 0 radical (unpaired) electrons. The van der Waals surface area contributed by atoms with E-state index in [1.165, 1.54) is 50.5 Å². The van der Waals surface area contributed by atoms with Crippen molar-refractivity contribution in [3.8, 4) is 28.7 Å². The van der Waals surface area contributed by atoms with Gasteiger partial charge in [0.15, 0.2) is 50.8 Å². The van der Waals surface area contributed by atoms with E-state index in [1.54, 1.807) is 36.4 Å². The Morgan fingerprint density at radius 3 is 1.33 bits per heavy atom. The van der Waals surface area contributed by atoms with Gasteiger partial charge in [-0.15, -0.1) is 35.3 Å². The van der Waals surface area contributed by atoms with Crippen molar-refractivity contribution in [2.24, 2.45) is 0 Å². The fraction of sp³-hybridized carbons (Fsp3) is 0.263. The van der Waals surface area contributed by atoms with E-state index in [9.17, 15) is 37.9 Å². The Bertz CT molecular complexity index is 3360. The van der Waals surface area contributed by atoms with E-state index < -0.39 is 50.1 Å². The largest absolute Gasteiger partial charge is 0.492 e. The van der Waals surface area contributed by atoms with Crippen molar-refractivity contribution in [3.05, 3.63) is 175 Å². The second-order valence-electron chi connectivity index (χ2n) is 17.5. The first kappa shape index (κ1) is 59.7. The molecule has 0 N–H and O–H groups in total. The van der Waals surface area contributed by atoms with Crippen LogP contribution in [0.4, 0.5) is 0 Å². The summed E-state index contributed by atoms with van der Waals surface area (Å²) in [5, 5.41) is 0. The highest BCUT2D eigenvalue weighted by Crippen LogP contribution is 2.36. The van der Waals surface area contributed by atoms with Gasteiger partial charge in [0, 0.05) is 31.9 Å². The molecule has 7 heterocycles. The van der Waals surface area contributed by atoms with Crippen LogP contribution in [-0.4, -0.2) is 117 Å². The van der Waals surface area contributed by atoms with Crippen LogP contribution in [0.5, 0.6) is 28.7 Å². The number of sulfone groups is 4. The summed E-state index contributed by atoms with van der Waals surface area (Å²) in [5.41, 5.74) is 0.976. The van der Waals surface area contributed by atoms with E-state index in [4.69, 9.17) is 23.7 Å². The van der Waals surface area contributed by atoms with E-state index >= 15 is 0 Å². The maximum absolute atomic E-state index is 11.5. The summed E-state index contributed by atoms with van der Waals surface area (Å²) in [7, 11) is -13.6. The molecular formula is C57H58O14S8. The van der Waals surface area contributed by atoms with Crippen molar-refractivity contribution in [1.29, 1.82) is 0 Å². The van der Waals surface area contributed by atoms with Crippen LogP contribution in [0.2, 0.25) is 0 Å². The van der Waals surface area contributed by atoms with E-state index in [0.717, 1.165) is 58.7 Å². The molecule has 1 atom stereocenters. The maximum atomic E-state index is 11.5. The highest BCUT2D eigenvalue weighted by Gasteiger charge is 2.33. The Labute approximate surface area is 478 Å². The summed E-state index contributed by atoms with van der Waals surface area (Å²) >= 11 is 5.80. The van der Waals surface area contributed by atoms with Crippen LogP contribution in [0.25, 0.3) is 0 Å². The Kier molecular flexibility index (Phi) is 21.4. The molecular weight excluding hydrogens is 1170 g/mol. The summed E-state index contributed by atoms with van der Waals surface area (Å²) in [6.07, 6.45) is 1.66. The van der Waals surface area contributed by atoms with Crippen LogP contribution in [0, 0.1) is 0 Å². The number of fused-ring (bicyclic) bond motifs is 7. The Balaban J connectivity index is 0.000000122. The van der Waals surface area contributed by atoms with Crippen molar-refractivity contribution < 1.29 is 61.6 Å². The number of rotatable bonds is 0. The maximum Gasteiger partial charge on any atom is 0.185 e. The van der Waals surface area contributed by atoms with Gasteiger partial charge in [-0.25, -0.2) is 33.7 Å². The van der Waals surface area contributed by atoms with Gasteiger partial charge in [-0.05, 0) is 97.3 Å². The minimum absolute atomic E-state index is 0.0637. The van der Waals surface area contributed by atoms with Gasteiger partial charge in [0.1, 0.15) is 48.6 Å². The number of para-hydroxylation sites is 5. The van der Waals surface area contributed by atoms with Crippen LogP contribution >= 0.6 is 35.3 Å². The number of aryl methyl sites for hydroxylation is 1. The Morgan fingerprint density at radius 1 is 0.342 bits per heavy atom. The lowest BCUT2D eigenvalue weighted by Gasteiger charge is -2.17. The summed E-state index contributed by atoms with van der Waals surface area (Å²) in [4.78, 5) is 5.75. The lowest BCUT2D eigenvalue weighted by Crippen LogP contribution is -2.25. The molecule has 7 aromatic carbocycles. The Morgan fingerprint density at radius 2 is 0.759 bits per heavy atom. The summed E-state index contributed by atoms with van der Waals surface area (Å²) < 4.78 is 130. The number of hydrogen-bond acceptors (Lipinski definition) is 17. The Hall–Kier alpha value is -5.46. The average Bonchev–Trinajstić information content (AvgIpc) is 3.61. The van der Waals surface area contributed by atoms with E-state index in [-0.39, 0.29) is 33.7 Å². The fourth-order valence-electron chi connectivity index (χ4n) is 8.25. The number of hydrogen-bond donors (Lipinski definition) is 0. The van der Waals surface area contributed by atoms with Gasteiger partial charge in [-0.2, -0.15) is 0 Å². The van der Waals surface area contributed by atoms with Crippen LogP contribution in [-0.2, 0) is 56.6 Å². The van der Waals surface area contributed by atoms with Crippen LogP contribution in [0.15, 0.2) is 209 Å². The molecule has 7 aliphatic rings. The second-order valence-corrected chi connectivity index (χ2v) is 30.8. The second kappa shape index (κ2) is 28.3. The first-order valence-electron chi connectivity index (χ1n) is 25.1. The van der Waals surface area contributed by atoms with Gasteiger partial charge in [0.25, 0.3) is 0 Å². The molecule has 79 heavy (non-hydrogen) atoms. The molecule has 0 saturated carbocycles. The molecule has 22 heteroatoms. The minimum Gasteiger partial charge on any atom is -0.492 e. The van der Waals surface area contributed by atoms with Crippen LogP contribution in [0.3, 0.4) is 0 Å². The highest BCUT2D eigenvalue weighted by molar-refractivity contribution is 8.05. The first-order chi connectivity index (χ1) is 38.1. The third-order valence-corrected chi connectivity index (χ3v) is 24.5. The van der Waals surface area contributed by atoms with E-state index in [0.29, 0.717) is 46.9 Å². The zero-order chi connectivity index (χ0) is 55.7. The lowest BCUT2D eigenvalue weighted by molar-refractivity contribution is 0.171. The van der Waals surface area contributed by atoms with Crippen molar-refractivity contribution in [1.82, 2.24) is 0 Å². The van der Waals surface area contributed by atoms with Gasteiger partial charge < -0.3 is 23.7 Å². The fourth-order valence-corrected chi connectivity index (χ4v) is 19.5. The topological polar surface area (TPSA) is 200 Å². The SMILES string of the molecule is O=S1(=O)CCCc2ccccc21.O=S1(=O)CCOc2ccccc21.O=S1(=O)CCS(=O)(=O)c2ccccc21.O=S1CCOc2ccccc21.c1ccc2c(c1)OCCO2.c1ccc2c(c1)OCCS2.c1ccc2c(c1)SCCS2. The van der Waals surface area contributed by atoms with Gasteiger partial charge >= 0.3 is 0 Å². The third-order valence-electron chi connectivity index (χ3n) is 12.1. The zero-order valence-electron chi connectivity index (χ0n) is 42.8. The number of ether oxygens (including phenoxy) is 5. The molecule has 418 valence electrons. The normalized spacial score (nSPS) is 19.0. The molecule has 7 aromatic rings. The standard InChI is InChI=1S/C9H10O2S.C8H8O4S2.C8H8O3S.C8H8O2S.C8H8O2.C8H8OS.C8H8S2/c10-12(11)7-3-5-8-4-1-2-6-9(8)12;9-13(10)5-6-14(11,12)8-4-2-1-3-7(8)13;9-12(10)6-5-11-7-3-1-2-4-8(7)12;9-11-6-5-10-7-3-1-2-4-8(7)11;3*1-2-4-8-7(3-1)9-5-6-10-8/h1-2,4,6H,3,5,7H2;1-4H,5-6H2;1-4H,5-6H2;1-4H,5-6H2;3*1-4H,5-6H2. The smallest absolute Gasteiger partial charge is 0.185 e. The third kappa shape index (κ3) is 16.6.